The first-order chi connectivity index (χ1) is 10.2. The van der Waals surface area contributed by atoms with Crippen molar-refractivity contribution in [1.82, 2.24) is 25.4 Å². The van der Waals surface area contributed by atoms with Crippen molar-refractivity contribution in [1.29, 1.82) is 0 Å². The van der Waals surface area contributed by atoms with Gasteiger partial charge in [-0.15, -0.1) is 0 Å². The van der Waals surface area contributed by atoms with Gasteiger partial charge in [-0.2, -0.15) is 4.98 Å². The summed E-state index contributed by atoms with van der Waals surface area (Å²) in [5.74, 6) is 2.05. The molecule has 0 atom stereocenters. The topological polar surface area (TPSA) is 79.6 Å². The minimum absolute atomic E-state index is 0.519. The van der Waals surface area contributed by atoms with Crippen LogP contribution in [0.1, 0.15) is 17.3 Å². The number of benzene rings is 1. The number of nitrogens with zero attached hydrogens (tertiary/aromatic N) is 3. The summed E-state index contributed by atoms with van der Waals surface area (Å²) in [5.41, 5.74) is 1.93. The molecule has 0 spiro atoms. The van der Waals surface area contributed by atoms with E-state index in [-0.39, 0.29) is 0 Å². The van der Waals surface area contributed by atoms with Crippen LogP contribution in [-0.4, -0.2) is 20.1 Å². The molecule has 0 aliphatic carbocycles. The van der Waals surface area contributed by atoms with Gasteiger partial charge >= 0.3 is 0 Å². The number of hydrogen-bond donors (Lipinski definition) is 2. The highest BCUT2D eigenvalue weighted by Crippen LogP contribution is 2.21. The van der Waals surface area contributed by atoms with Gasteiger partial charge in [0.1, 0.15) is 5.82 Å². The number of halogens is 1. The number of rotatable bonds is 5. The molecule has 0 bridgehead atoms. The van der Waals surface area contributed by atoms with Gasteiger partial charge in [0.15, 0.2) is 5.82 Å². The number of aromatic nitrogens is 4. The quantitative estimate of drug-likeness (QED) is 0.741. The fourth-order valence-corrected chi connectivity index (χ4v) is 2.33. The molecule has 21 heavy (non-hydrogen) atoms. The summed E-state index contributed by atoms with van der Waals surface area (Å²) >= 11 is 3.42. The van der Waals surface area contributed by atoms with Gasteiger partial charge in [0, 0.05) is 28.5 Å². The summed E-state index contributed by atoms with van der Waals surface area (Å²) in [6.07, 6.45) is 1.81. The predicted molar refractivity (Wildman–Crippen MR) is 81.3 cm³/mol. The number of imidazole rings is 1. The molecule has 6 nitrogen and oxygen atoms in total. The first-order valence-electron chi connectivity index (χ1n) is 6.50. The van der Waals surface area contributed by atoms with E-state index in [0.29, 0.717) is 24.8 Å². The molecular weight excluding hydrogens is 334 g/mol. The zero-order valence-corrected chi connectivity index (χ0v) is 13.0. The Labute approximate surface area is 130 Å². The summed E-state index contributed by atoms with van der Waals surface area (Å²) in [6, 6.07) is 7.76. The minimum Gasteiger partial charge on any atom is -0.345 e. The van der Waals surface area contributed by atoms with Crippen molar-refractivity contribution in [2.75, 3.05) is 0 Å². The van der Waals surface area contributed by atoms with Gasteiger partial charge in [-0.05, 0) is 25.1 Å². The molecule has 0 aliphatic heterocycles. The van der Waals surface area contributed by atoms with E-state index in [1.807, 2.05) is 37.4 Å². The number of hydrogen-bond acceptors (Lipinski definition) is 5. The van der Waals surface area contributed by atoms with E-state index in [0.717, 1.165) is 21.6 Å². The van der Waals surface area contributed by atoms with E-state index in [1.54, 1.807) is 0 Å². The Morgan fingerprint density at radius 3 is 3.00 bits per heavy atom. The van der Waals surface area contributed by atoms with Gasteiger partial charge < -0.3 is 14.8 Å². The monoisotopic (exact) mass is 347 g/mol. The number of H-pyrrole nitrogens is 1. The van der Waals surface area contributed by atoms with Gasteiger partial charge in [0.2, 0.25) is 0 Å². The Kier molecular flexibility index (Phi) is 4.12. The van der Waals surface area contributed by atoms with Crippen LogP contribution in [-0.2, 0) is 13.1 Å². The third kappa shape index (κ3) is 3.56. The number of aromatic amines is 1. The third-order valence-electron chi connectivity index (χ3n) is 2.89. The fourth-order valence-electron chi connectivity index (χ4n) is 1.93. The average molecular weight is 348 g/mol. The lowest BCUT2D eigenvalue weighted by Crippen LogP contribution is -2.13. The second-order valence-corrected chi connectivity index (χ2v) is 5.54. The van der Waals surface area contributed by atoms with Crippen molar-refractivity contribution in [3.8, 4) is 11.5 Å². The van der Waals surface area contributed by atoms with E-state index in [1.165, 1.54) is 0 Å². The molecular formula is C14H14BrN5O. The van der Waals surface area contributed by atoms with Crippen molar-refractivity contribution >= 4 is 15.9 Å². The van der Waals surface area contributed by atoms with Crippen molar-refractivity contribution in [2.45, 2.75) is 20.0 Å². The number of aryl methyl sites for hydroxylation is 1. The summed E-state index contributed by atoms with van der Waals surface area (Å²) in [5, 5.41) is 7.21. The normalized spacial score (nSPS) is 11.0. The van der Waals surface area contributed by atoms with Crippen LogP contribution in [0.3, 0.4) is 0 Å². The SMILES string of the molecule is Cc1ncc(CNCc2noc(-c3cccc(Br)c3)n2)[nH]1. The largest absolute Gasteiger partial charge is 0.345 e. The van der Waals surface area contributed by atoms with E-state index < -0.39 is 0 Å². The summed E-state index contributed by atoms with van der Waals surface area (Å²) in [4.78, 5) is 11.7. The van der Waals surface area contributed by atoms with Gasteiger partial charge in [-0.1, -0.05) is 27.2 Å². The molecule has 1 aromatic carbocycles. The van der Waals surface area contributed by atoms with Crippen molar-refractivity contribution in [3.05, 3.63) is 52.3 Å². The van der Waals surface area contributed by atoms with E-state index in [2.05, 4.69) is 41.4 Å². The molecule has 2 aromatic heterocycles. The first-order valence-corrected chi connectivity index (χ1v) is 7.30. The lowest BCUT2D eigenvalue weighted by Gasteiger charge is -1.98. The van der Waals surface area contributed by atoms with Crippen molar-refractivity contribution < 1.29 is 4.52 Å². The molecule has 0 radical (unpaired) electrons. The Balaban J connectivity index is 1.60. The molecule has 7 heteroatoms. The van der Waals surface area contributed by atoms with Crippen LogP contribution in [0.2, 0.25) is 0 Å². The Morgan fingerprint density at radius 1 is 1.33 bits per heavy atom. The van der Waals surface area contributed by atoms with Crippen LogP contribution >= 0.6 is 15.9 Å². The van der Waals surface area contributed by atoms with E-state index in [4.69, 9.17) is 4.52 Å². The van der Waals surface area contributed by atoms with Crippen molar-refractivity contribution in [2.24, 2.45) is 0 Å². The molecule has 108 valence electrons. The summed E-state index contributed by atoms with van der Waals surface area (Å²) in [6.45, 7) is 3.14. The van der Waals surface area contributed by atoms with Crippen LogP contribution in [0.15, 0.2) is 39.5 Å². The standard InChI is InChI=1S/C14H14BrN5O/c1-9-17-7-12(18-9)6-16-8-13-19-14(21-20-13)10-3-2-4-11(15)5-10/h2-5,7,16H,6,8H2,1H3,(H,17,18). The van der Waals surface area contributed by atoms with Crippen LogP contribution in [0.5, 0.6) is 0 Å². The van der Waals surface area contributed by atoms with Gasteiger partial charge in [0.05, 0.1) is 6.54 Å². The fraction of sp³-hybridized carbons (Fsp3) is 0.214. The number of nitrogens with one attached hydrogen (secondary N) is 2. The Morgan fingerprint density at radius 2 is 2.24 bits per heavy atom. The molecule has 2 N–H and O–H groups in total. The zero-order valence-electron chi connectivity index (χ0n) is 11.4. The highest BCUT2D eigenvalue weighted by Gasteiger charge is 2.08. The maximum absolute atomic E-state index is 5.27. The molecule has 0 fully saturated rings. The molecule has 0 unspecified atom stereocenters. The second kappa shape index (κ2) is 6.19. The van der Waals surface area contributed by atoms with E-state index >= 15 is 0 Å². The van der Waals surface area contributed by atoms with Gasteiger partial charge in [-0.25, -0.2) is 4.98 Å². The molecule has 3 rings (SSSR count). The highest BCUT2D eigenvalue weighted by molar-refractivity contribution is 9.10. The van der Waals surface area contributed by atoms with Gasteiger partial charge in [-0.3, -0.25) is 0 Å². The summed E-state index contributed by atoms with van der Waals surface area (Å²) < 4.78 is 6.25. The Hall–Kier alpha value is -1.99. The molecule has 0 saturated carbocycles. The third-order valence-corrected chi connectivity index (χ3v) is 3.39. The highest BCUT2D eigenvalue weighted by atomic mass is 79.9. The molecule has 2 heterocycles. The lowest BCUT2D eigenvalue weighted by molar-refractivity contribution is 0.419. The smallest absolute Gasteiger partial charge is 0.258 e. The summed E-state index contributed by atoms with van der Waals surface area (Å²) in [7, 11) is 0. The van der Waals surface area contributed by atoms with Crippen LogP contribution in [0.4, 0.5) is 0 Å². The first kappa shape index (κ1) is 14.0. The maximum Gasteiger partial charge on any atom is 0.258 e. The molecule has 0 saturated heterocycles. The predicted octanol–water partition coefficient (Wildman–Crippen LogP) is 2.82. The maximum atomic E-state index is 5.27. The second-order valence-electron chi connectivity index (χ2n) is 4.62. The Bertz CT molecular complexity index is 736. The molecule has 0 amide bonds. The van der Waals surface area contributed by atoms with E-state index in [9.17, 15) is 0 Å². The molecule has 0 aliphatic rings. The average Bonchev–Trinajstić information content (AvgIpc) is 3.08. The van der Waals surface area contributed by atoms with Crippen molar-refractivity contribution in [3.63, 3.8) is 0 Å². The molecule has 3 aromatic rings. The van der Waals surface area contributed by atoms with Crippen LogP contribution in [0.25, 0.3) is 11.5 Å². The minimum atomic E-state index is 0.519. The van der Waals surface area contributed by atoms with Crippen LogP contribution in [0, 0.1) is 6.92 Å². The lowest BCUT2D eigenvalue weighted by atomic mass is 10.2. The zero-order chi connectivity index (χ0) is 14.7. The van der Waals surface area contributed by atoms with Gasteiger partial charge in [0.25, 0.3) is 5.89 Å². The van der Waals surface area contributed by atoms with Crippen LogP contribution < -0.4 is 5.32 Å².